The number of hydrogen-bond donors (Lipinski definition) is 2. The number of nitro groups is 1. The second-order valence-electron chi connectivity index (χ2n) is 4.73. The lowest BCUT2D eigenvalue weighted by atomic mass is 10.1. The topological polar surface area (TPSA) is 101 Å². The highest BCUT2D eigenvalue weighted by Gasteiger charge is 2.16. The molecule has 0 aliphatic heterocycles. The monoisotopic (exact) mass is 367 g/mol. The molecule has 0 aliphatic rings. The van der Waals surface area contributed by atoms with E-state index in [0.29, 0.717) is 10.6 Å². The first kappa shape index (κ1) is 17.7. The normalized spacial score (nSPS) is 10.1. The van der Waals surface area contributed by atoms with Crippen LogP contribution in [-0.2, 0) is 11.2 Å². The lowest BCUT2D eigenvalue weighted by Crippen LogP contribution is -2.42. The molecule has 0 atom stereocenters. The minimum Gasteiger partial charge on any atom is -0.273 e. The first-order valence-electron chi connectivity index (χ1n) is 6.64. The number of hydrazine groups is 1. The zero-order valence-electron chi connectivity index (χ0n) is 12.1. The molecule has 2 rings (SSSR count). The second kappa shape index (κ2) is 7.76. The van der Waals surface area contributed by atoms with Crippen LogP contribution in [0.5, 0.6) is 0 Å². The molecule has 2 aromatic rings. The fourth-order valence-electron chi connectivity index (χ4n) is 1.82. The molecule has 9 heteroatoms. The average molecular weight is 368 g/mol. The van der Waals surface area contributed by atoms with Crippen LogP contribution in [0.1, 0.15) is 15.9 Å². The molecule has 0 saturated carbocycles. The van der Waals surface area contributed by atoms with Gasteiger partial charge in [0.2, 0.25) is 5.91 Å². The molecule has 24 heavy (non-hydrogen) atoms. The third-order valence-electron chi connectivity index (χ3n) is 3.00. The Morgan fingerprint density at radius 3 is 2.33 bits per heavy atom. The van der Waals surface area contributed by atoms with E-state index in [9.17, 15) is 19.7 Å². The summed E-state index contributed by atoms with van der Waals surface area (Å²) in [6.07, 6.45) is 0.0399. The Kier molecular flexibility index (Phi) is 5.73. The molecule has 7 nitrogen and oxygen atoms in total. The van der Waals surface area contributed by atoms with E-state index < -0.39 is 22.4 Å². The van der Waals surface area contributed by atoms with Gasteiger partial charge in [-0.3, -0.25) is 30.6 Å². The zero-order valence-corrected chi connectivity index (χ0v) is 13.6. The number of nitro benzene ring substituents is 1. The van der Waals surface area contributed by atoms with Gasteiger partial charge < -0.3 is 0 Å². The van der Waals surface area contributed by atoms with Gasteiger partial charge in [0.05, 0.1) is 11.3 Å². The Morgan fingerprint density at radius 1 is 1.04 bits per heavy atom. The van der Waals surface area contributed by atoms with E-state index in [-0.39, 0.29) is 17.0 Å². The van der Waals surface area contributed by atoms with Crippen molar-refractivity contribution in [2.75, 3.05) is 0 Å². The number of halogens is 2. The summed E-state index contributed by atoms with van der Waals surface area (Å²) in [7, 11) is 0. The summed E-state index contributed by atoms with van der Waals surface area (Å²) in [5.41, 5.74) is 4.74. The molecule has 0 unspecified atom stereocenters. The van der Waals surface area contributed by atoms with Crippen molar-refractivity contribution in [2.24, 2.45) is 0 Å². The maximum absolute atomic E-state index is 11.9. The van der Waals surface area contributed by atoms with Gasteiger partial charge in [0.1, 0.15) is 5.02 Å². The van der Waals surface area contributed by atoms with Crippen LogP contribution < -0.4 is 10.9 Å². The molecule has 0 spiro atoms. The Balaban J connectivity index is 1.95. The summed E-state index contributed by atoms with van der Waals surface area (Å²) in [6, 6.07) is 10.3. The molecule has 0 radical (unpaired) electrons. The number of rotatable bonds is 4. The standard InChI is InChI=1S/C15H11Cl2N3O4/c16-11-4-1-9(2-5-11)7-14(21)18-19-15(22)10-3-6-12(17)13(8-10)20(23)24/h1-6,8H,7H2,(H,18,21)(H,19,22). The average Bonchev–Trinajstić information content (AvgIpc) is 2.55. The van der Waals surface area contributed by atoms with Gasteiger partial charge in [-0.1, -0.05) is 35.3 Å². The van der Waals surface area contributed by atoms with Crippen molar-refractivity contribution in [3.05, 3.63) is 73.8 Å². The maximum Gasteiger partial charge on any atom is 0.288 e. The number of nitrogens with zero attached hydrogens (tertiary/aromatic N) is 1. The van der Waals surface area contributed by atoms with E-state index in [2.05, 4.69) is 10.9 Å². The van der Waals surface area contributed by atoms with Crippen molar-refractivity contribution in [1.29, 1.82) is 0 Å². The summed E-state index contributed by atoms with van der Waals surface area (Å²) in [5, 5.41) is 11.3. The fraction of sp³-hybridized carbons (Fsp3) is 0.0667. The number of hydrogen-bond acceptors (Lipinski definition) is 4. The van der Waals surface area contributed by atoms with Crippen LogP contribution in [0, 0.1) is 10.1 Å². The van der Waals surface area contributed by atoms with Crippen LogP contribution in [0.3, 0.4) is 0 Å². The predicted molar refractivity (Wildman–Crippen MR) is 88.9 cm³/mol. The van der Waals surface area contributed by atoms with Crippen LogP contribution in [0.2, 0.25) is 10.0 Å². The van der Waals surface area contributed by atoms with E-state index >= 15 is 0 Å². The maximum atomic E-state index is 11.9. The molecule has 0 bridgehead atoms. The third-order valence-corrected chi connectivity index (χ3v) is 3.57. The van der Waals surface area contributed by atoms with Gasteiger partial charge in [-0.2, -0.15) is 0 Å². The molecule has 2 aromatic carbocycles. The number of carbonyl (C=O) groups is 2. The van der Waals surface area contributed by atoms with E-state index in [1.165, 1.54) is 12.1 Å². The number of benzene rings is 2. The molecule has 124 valence electrons. The number of amides is 2. The van der Waals surface area contributed by atoms with Crippen molar-refractivity contribution in [2.45, 2.75) is 6.42 Å². The van der Waals surface area contributed by atoms with E-state index in [0.717, 1.165) is 6.07 Å². The lowest BCUT2D eigenvalue weighted by Gasteiger charge is -2.08. The van der Waals surface area contributed by atoms with Crippen LogP contribution in [0.4, 0.5) is 5.69 Å². The van der Waals surface area contributed by atoms with Crippen LogP contribution in [0.25, 0.3) is 0 Å². The van der Waals surface area contributed by atoms with Crippen LogP contribution >= 0.6 is 23.2 Å². The van der Waals surface area contributed by atoms with Gasteiger partial charge in [-0.25, -0.2) is 0 Å². The highest BCUT2D eigenvalue weighted by atomic mass is 35.5. The largest absolute Gasteiger partial charge is 0.288 e. The molecule has 2 amide bonds. The lowest BCUT2D eigenvalue weighted by molar-refractivity contribution is -0.384. The van der Waals surface area contributed by atoms with Crippen LogP contribution in [0.15, 0.2) is 42.5 Å². The van der Waals surface area contributed by atoms with Gasteiger partial charge >= 0.3 is 0 Å². The quantitative estimate of drug-likeness (QED) is 0.640. The minimum atomic E-state index is -0.696. The Hall–Kier alpha value is -2.64. The van der Waals surface area contributed by atoms with Crippen molar-refractivity contribution in [3.8, 4) is 0 Å². The van der Waals surface area contributed by atoms with Gasteiger partial charge in [-0.15, -0.1) is 0 Å². The second-order valence-corrected chi connectivity index (χ2v) is 5.57. The number of carbonyl (C=O) groups excluding carboxylic acids is 2. The van der Waals surface area contributed by atoms with Crippen molar-refractivity contribution in [3.63, 3.8) is 0 Å². The van der Waals surface area contributed by atoms with Gasteiger partial charge in [0.15, 0.2) is 0 Å². The van der Waals surface area contributed by atoms with E-state index in [4.69, 9.17) is 23.2 Å². The summed E-state index contributed by atoms with van der Waals surface area (Å²) in [5.74, 6) is -1.15. The molecule has 0 heterocycles. The minimum absolute atomic E-state index is 0.00195. The highest BCUT2D eigenvalue weighted by molar-refractivity contribution is 6.32. The number of nitrogens with one attached hydrogen (secondary N) is 2. The molecule has 0 fully saturated rings. The molecule has 0 saturated heterocycles. The molecular formula is C15H11Cl2N3O4. The Labute approximate surface area is 146 Å². The van der Waals surface area contributed by atoms with Crippen molar-refractivity contribution >= 4 is 40.7 Å². The summed E-state index contributed by atoms with van der Waals surface area (Å²) in [6.45, 7) is 0. The highest BCUT2D eigenvalue weighted by Crippen LogP contribution is 2.24. The molecule has 0 aromatic heterocycles. The summed E-state index contributed by atoms with van der Waals surface area (Å²) in [4.78, 5) is 33.8. The Morgan fingerprint density at radius 2 is 1.71 bits per heavy atom. The van der Waals surface area contributed by atoms with Gasteiger partial charge in [-0.05, 0) is 29.8 Å². The predicted octanol–water partition coefficient (Wildman–Crippen LogP) is 2.91. The van der Waals surface area contributed by atoms with Gasteiger partial charge in [0, 0.05) is 16.7 Å². The van der Waals surface area contributed by atoms with E-state index in [1.807, 2.05) is 0 Å². The first-order chi connectivity index (χ1) is 11.4. The van der Waals surface area contributed by atoms with Crippen molar-refractivity contribution < 1.29 is 14.5 Å². The summed E-state index contributed by atoms with van der Waals surface area (Å²) < 4.78 is 0. The van der Waals surface area contributed by atoms with Crippen molar-refractivity contribution in [1.82, 2.24) is 10.9 Å². The van der Waals surface area contributed by atoms with Crippen LogP contribution in [-0.4, -0.2) is 16.7 Å². The first-order valence-corrected chi connectivity index (χ1v) is 7.40. The smallest absolute Gasteiger partial charge is 0.273 e. The Bertz CT molecular complexity index is 794. The third kappa shape index (κ3) is 4.68. The molecular weight excluding hydrogens is 357 g/mol. The SMILES string of the molecule is O=C(Cc1ccc(Cl)cc1)NNC(=O)c1ccc(Cl)c([N+](=O)[O-])c1. The van der Waals surface area contributed by atoms with Gasteiger partial charge in [0.25, 0.3) is 11.6 Å². The van der Waals surface area contributed by atoms with E-state index in [1.54, 1.807) is 24.3 Å². The summed E-state index contributed by atoms with van der Waals surface area (Å²) >= 11 is 11.4. The molecule has 2 N–H and O–H groups in total. The fourth-order valence-corrected chi connectivity index (χ4v) is 2.14. The zero-order chi connectivity index (χ0) is 17.7. The molecule has 0 aliphatic carbocycles.